The van der Waals surface area contributed by atoms with Crippen LogP contribution < -0.4 is 0 Å². The van der Waals surface area contributed by atoms with Crippen molar-refractivity contribution >= 4 is 37.6 Å². The molecule has 0 saturated carbocycles. The molecule has 0 aliphatic carbocycles. The molecule has 116 valence electrons. The first-order valence-corrected chi connectivity index (χ1v) is 9.70. The monoisotopic (exact) mass is 342 g/mol. The van der Waals surface area contributed by atoms with Crippen LogP contribution in [0.15, 0.2) is 65.1 Å². The Morgan fingerprint density at radius 1 is 0.913 bits per heavy atom. The minimum absolute atomic E-state index is 0.0511. The minimum Gasteiger partial charge on any atom is -0.317 e. The molecule has 2 aromatic carbocycles. The lowest BCUT2D eigenvalue weighted by atomic mass is 10.1. The van der Waals surface area contributed by atoms with E-state index in [9.17, 15) is 8.42 Å². The maximum absolute atomic E-state index is 11.8. The third-order valence-electron chi connectivity index (χ3n) is 3.78. The van der Waals surface area contributed by atoms with Crippen LogP contribution in [0.1, 0.15) is 11.1 Å². The lowest BCUT2D eigenvalue weighted by Gasteiger charge is -2.25. The lowest BCUT2D eigenvalue weighted by Crippen LogP contribution is -2.34. The van der Waals surface area contributed by atoms with Gasteiger partial charge in [0.1, 0.15) is 0 Å². The van der Waals surface area contributed by atoms with Crippen molar-refractivity contribution in [3.05, 3.63) is 71.8 Å². The summed E-state index contributed by atoms with van der Waals surface area (Å²) in [5.74, 6) is 0.0511. The summed E-state index contributed by atoms with van der Waals surface area (Å²) >= 11 is 1.43. The molecule has 4 nitrogen and oxygen atoms in total. The molecule has 6 heteroatoms. The third kappa shape index (κ3) is 2.68. The van der Waals surface area contributed by atoms with E-state index in [4.69, 9.17) is 0 Å². The molecule has 0 unspecified atom stereocenters. The molecule has 2 heterocycles. The van der Waals surface area contributed by atoms with Crippen molar-refractivity contribution in [1.29, 1.82) is 0 Å². The van der Waals surface area contributed by atoms with Crippen LogP contribution in [0, 0.1) is 0 Å². The van der Waals surface area contributed by atoms with Crippen LogP contribution in [0.25, 0.3) is 10.6 Å². The van der Waals surface area contributed by atoms with Gasteiger partial charge >= 0.3 is 0 Å². The molecule has 23 heavy (non-hydrogen) atoms. The number of fused-ring (bicyclic) bond motifs is 1. The van der Waals surface area contributed by atoms with Crippen molar-refractivity contribution in [3.8, 4) is 0 Å². The summed E-state index contributed by atoms with van der Waals surface area (Å²) in [6.07, 6.45) is 0. The average molecular weight is 342 g/mol. The van der Waals surface area contributed by atoms with Gasteiger partial charge in [0.15, 0.2) is 5.17 Å². The molecule has 2 aromatic rings. The largest absolute Gasteiger partial charge is 0.317 e. The number of amidine groups is 1. The molecule has 0 aromatic heterocycles. The standard InChI is InChI=1S/C17H14N2O2S2/c20-23(21)12-11-19-15(13-7-3-1-4-8-13)16(22-17(19)18-23)14-9-5-2-6-10-14/h1-10H,11-12H2. The SMILES string of the molecule is O=S1(=O)CCN2C(=N1)SC(c1ccccc1)=C2c1ccccc1. The Hall–Kier alpha value is -2.05. The molecule has 2 aliphatic heterocycles. The van der Waals surface area contributed by atoms with Gasteiger partial charge in [-0.25, -0.2) is 8.42 Å². The number of benzene rings is 2. The van der Waals surface area contributed by atoms with Gasteiger partial charge in [0.05, 0.1) is 11.4 Å². The minimum atomic E-state index is -3.35. The van der Waals surface area contributed by atoms with Gasteiger partial charge in [-0.2, -0.15) is 0 Å². The summed E-state index contributed by atoms with van der Waals surface area (Å²) in [5.41, 5.74) is 3.18. The van der Waals surface area contributed by atoms with E-state index in [1.807, 2.05) is 65.6 Å². The van der Waals surface area contributed by atoms with Crippen LogP contribution in [-0.4, -0.2) is 30.8 Å². The van der Waals surface area contributed by atoms with Gasteiger partial charge in [0, 0.05) is 11.4 Å². The van der Waals surface area contributed by atoms with E-state index in [0.717, 1.165) is 21.7 Å². The van der Waals surface area contributed by atoms with E-state index in [1.54, 1.807) is 0 Å². The zero-order valence-electron chi connectivity index (χ0n) is 12.2. The average Bonchev–Trinajstić information content (AvgIpc) is 2.93. The van der Waals surface area contributed by atoms with Crippen molar-refractivity contribution in [2.24, 2.45) is 4.40 Å². The molecule has 4 rings (SSSR count). The van der Waals surface area contributed by atoms with Crippen LogP contribution in [0.2, 0.25) is 0 Å². The van der Waals surface area contributed by atoms with E-state index in [-0.39, 0.29) is 5.75 Å². The van der Waals surface area contributed by atoms with Gasteiger partial charge in [-0.15, -0.1) is 4.40 Å². The first-order chi connectivity index (χ1) is 11.1. The van der Waals surface area contributed by atoms with Crippen LogP contribution in [0.4, 0.5) is 0 Å². The molecule has 0 fully saturated rings. The number of hydrogen-bond donors (Lipinski definition) is 0. The van der Waals surface area contributed by atoms with E-state index in [2.05, 4.69) is 4.40 Å². The molecule has 0 radical (unpaired) electrons. The smallest absolute Gasteiger partial charge is 0.257 e. The Kier molecular flexibility index (Phi) is 3.50. The molecule has 2 aliphatic rings. The molecule has 0 N–H and O–H groups in total. The number of sulfonamides is 1. The van der Waals surface area contributed by atoms with Crippen LogP contribution in [-0.2, 0) is 10.0 Å². The summed E-state index contributed by atoms with van der Waals surface area (Å²) in [7, 11) is -3.35. The molecule has 0 spiro atoms. The molecule has 0 amide bonds. The summed E-state index contributed by atoms with van der Waals surface area (Å²) in [6, 6.07) is 20.1. The molecular weight excluding hydrogens is 328 g/mol. The highest BCUT2D eigenvalue weighted by atomic mass is 32.2. The fraction of sp³-hybridized carbons (Fsp3) is 0.118. The second-order valence-corrected chi connectivity index (χ2v) is 8.06. The highest BCUT2D eigenvalue weighted by molar-refractivity contribution is 8.22. The highest BCUT2D eigenvalue weighted by Gasteiger charge is 2.36. The normalized spacial score (nSPS) is 19.5. The second-order valence-electron chi connectivity index (χ2n) is 5.32. The zero-order valence-corrected chi connectivity index (χ0v) is 13.8. The molecular formula is C17H14N2O2S2. The summed E-state index contributed by atoms with van der Waals surface area (Å²) < 4.78 is 27.6. The molecule has 0 saturated heterocycles. The Labute approximate surface area is 139 Å². The third-order valence-corrected chi connectivity index (χ3v) is 6.18. The van der Waals surface area contributed by atoms with Crippen LogP contribution >= 0.6 is 11.8 Å². The highest BCUT2D eigenvalue weighted by Crippen LogP contribution is 2.46. The van der Waals surface area contributed by atoms with Crippen molar-refractivity contribution < 1.29 is 8.42 Å². The van der Waals surface area contributed by atoms with Crippen molar-refractivity contribution in [3.63, 3.8) is 0 Å². The first-order valence-electron chi connectivity index (χ1n) is 7.27. The summed E-state index contributed by atoms with van der Waals surface area (Å²) in [4.78, 5) is 3.07. The van der Waals surface area contributed by atoms with Gasteiger partial charge in [0.25, 0.3) is 10.0 Å². The van der Waals surface area contributed by atoms with E-state index < -0.39 is 10.0 Å². The zero-order chi connectivity index (χ0) is 15.9. The first kappa shape index (κ1) is 14.5. The van der Waals surface area contributed by atoms with Crippen LogP contribution in [0.3, 0.4) is 0 Å². The van der Waals surface area contributed by atoms with Gasteiger partial charge in [-0.3, -0.25) is 0 Å². The van der Waals surface area contributed by atoms with E-state index in [0.29, 0.717) is 11.7 Å². The van der Waals surface area contributed by atoms with E-state index >= 15 is 0 Å². The summed E-state index contributed by atoms with van der Waals surface area (Å²) in [6.45, 7) is 0.439. The quantitative estimate of drug-likeness (QED) is 0.840. The number of rotatable bonds is 2. The predicted octanol–water partition coefficient (Wildman–Crippen LogP) is 3.26. The van der Waals surface area contributed by atoms with Crippen molar-refractivity contribution in [2.75, 3.05) is 12.3 Å². The Morgan fingerprint density at radius 2 is 1.52 bits per heavy atom. The van der Waals surface area contributed by atoms with Gasteiger partial charge in [0.2, 0.25) is 0 Å². The number of nitrogens with zero attached hydrogens (tertiary/aromatic N) is 2. The molecule has 0 bridgehead atoms. The van der Waals surface area contributed by atoms with E-state index in [1.165, 1.54) is 11.8 Å². The number of thioether (sulfide) groups is 1. The topological polar surface area (TPSA) is 49.7 Å². The molecule has 0 atom stereocenters. The number of hydrogen-bond acceptors (Lipinski definition) is 4. The maximum Gasteiger partial charge on any atom is 0.257 e. The maximum atomic E-state index is 11.8. The fourth-order valence-corrected chi connectivity index (χ4v) is 5.11. The van der Waals surface area contributed by atoms with Crippen molar-refractivity contribution in [2.45, 2.75) is 0 Å². The predicted molar refractivity (Wildman–Crippen MR) is 95.2 cm³/mol. The second kappa shape index (κ2) is 5.54. The summed E-state index contributed by atoms with van der Waals surface area (Å²) in [5, 5.41) is 0.550. The Balaban J connectivity index is 1.91. The lowest BCUT2D eigenvalue weighted by molar-refractivity contribution is 0.567. The van der Waals surface area contributed by atoms with Gasteiger partial charge in [-0.05, 0) is 22.9 Å². The van der Waals surface area contributed by atoms with Gasteiger partial charge in [-0.1, -0.05) is 60.7 Å². The van der Waals surface area contributed by atoms with Gasteiger partial charge < -0.3 is 4.90 Å². The Bertz CT molecular complexity index is 904. The Morgan fingerprint density at radius 3 is 2.17 bits per heavy atom. The van der Waals surface area contributed by atoms with Crippen molar-refractivity contribution in [1.82, 2.24) is 4.90 Å². The van der Waals surface area contributed by atoms with Crippen LogP contribution in [0.5, 0.6) is 0 Å². The fourth-order valence-electron chi connectivity index (χ4n) is 2.73.